The average molecular weight is 386 g/mol. The third kappa shape index (κ3) is 5.68. The summed E-state index contributed by atoms with van der Waals surface area (Å²) in [5.74, 6) is 0.635. The van der Waals surface area contributed by atoms with Gasteiger partial charge in [-0.15, -0.1) is 0 Å². The second-order valence-corrected chi connectivity index (χ2v) is 7.84. The fourth-order valence-electron chi connectivity index (χ4n) is 3.16. The van der Waals surface area contributed by atoms with Gasteiger partial charge in [-0.3, -0.25) is 9.59 Å². The molecule has 2 aromatic rings. The van der Waals surface area contributed by atoms with Crippen LogP contribution in [0.1, 0.15) is 38.0 Å². The first kappa shape index (κ1) is 20.1. The zero-order valence-corrected chi connectivity index (χ0v) is 16.4. The molecule has 1 fully saturated rings. The summed E-state index contributed by atoms with van der Waals surface area (Å²) in [6.07, 6.45) is 3.39. The molecular formula is C22H27FN2O3. The molecule has 0 unspecified atom stereocenters. The predicted octanol–water partition coefficient (Wildman–Crippen LogP) is 3.84. The van der Waals surface area contributed by atoms with Crippen LogP contribution in [0.25, 0.3) is 0 Å². The number of rotatable bonds is 9. The number of amides is 2. The Hall–Kier alpha value is -2.63. The molecule has 0 atom stereocenters. The van der Waals surface area contributed by atoms with E-state index in [2.05, 4.69) is 0 Å². The summed E-state index contributed by atoms with van der Waals surface area (Å²) in [7, 11) is 0. The highest BCUT2D eigenvalue weighted by molar-refractivity contribution is 5.87. The summed E-state index contributed by atoms with van der Waals surface area (Å²) in [6.45, 7) is 5.32. The number of hydrogen-bond donors (Lipinski definition) is 0. The molecule has 1 aromatic carbocycles. The SMILES string of the molecule is CC(C)CN(CC(=O)N(Cc1ccc(F)cc1)Cc1ccco1)C(=O)C1CC1. The topological polar surface area (TPSA) is 53.8 Å². The van der Waals surface area contributed by atoms with Crippen LogP contribution >= 0.6 is 0 Å². The van der Waals surface area contributed by atoms with Gasteiger partial charge in [0, 0.05) is 19.0 Å². The van der Waals surface area contributed by atoms with E-state index in [1.165, 1.54) is 12.1 Å². The number of hydrogen-bond acceptors (Lipinski definition) is 3. The van der Waals surface area contributed by atoms with Crippen molar-refractivity contribution in [3.63, 3.8) is 0 Å². The van der Waals surface area contributed by atoms with Gasteiger partial charge in [-0.25, -0.2) is 4.39 Å². The molecule has 0 saturated heterocycles. The Morgan fingerprint density at radius 3 is 2.39 bits per heavy atom. The van der Waals surface area contributed by atoms with E-state index in [9.17, 15) is 14.0 Å². The molecule has 0 aliphatic heterocycles. The first-order chi connectivity index (χ1) is 13.4. The smallest absolute Gasteiger partial charge is 0.242 e. The second-order valence-electron chi connectivity index (χ2n) is 7.84. The molecule has 0 N–H and O–H groups in total. The van der Waals surface area contributed by atoms with Crippen LogP contribution in [0.5, 0.6) is 0 Å². The Balaban J connectivity index is 1.73. The van der Waals surface area contributed by atoms with Crippen molar-refractivity contribution in [2.45, 2.75) is 39.8 Å². The largest absolute Gasteiger partial charge is 0.467 e. The first-order valence-corrected chi connectivity index (χ1v) is 9.75. The summed E-state index contributed by atoms with van der Waals surface area (Å²) >= 11 is 0. The number of carbonyl (C=O) groups is 2. The number of carbonyl (C=O) groups excluding carboxylic acids is 2. The summed E-state index contributed by atoms with van der Waals surface area (Å²) in [5.41, 5.74) is 0.824. The van der Waals surface area contributed by atoms with Crippen molar-refractivity contribution in [2.24, 2.45) is 11.8 Å². The van der Waals surface area contributed by atoms with Crippen molar-refractivity contribution < 1.29 is 18.4 Å². The fourth-order valence-corrected chi connectivity index (χ4v) is 3.16. The summed E-state index contributed by atoms with van der Waals surface area (Å²) in [4.78, 5) is 29.0. The normalized spacial score (nSPS) is 13.6. The van der Waals surface area contributed by atoms with Crippen molar-refractivity contribution in [3.8, 4) is 0 Å². The highest BCUT2D eigenvalue weighted by Crippen LogP contribution is 2.31. The molecule has 3 rings (SSSR count). The molecule has 150 valence electrons. The van der Waals surface area contributed by atoms with Gasteiger partial charge in [0.1, 0.15) is 11.6 Å². The maximum Gasteiger partial charge on any atom is 0.242 e. The molecule has 6 heteroatoms. The standard InChI is InChI=1S/C22H27FN2O3/c1-16(2)12-25(22(27)18-7-8-18)15-21(26)24(14-20-4-3-11-28-20)13-17-5-9-19(23)10-6-17/h3-6,9-11,16,18H,7-8,12-15H2,1-2H3. The van der Waals surface area contributed by atoms with Crippen molar-refractivity contribution in [1.82, 2.24) is 9.80 Å². The van der Waals surface area contributed by atoms with Crippen LogP contribution in [0.4, 0.5) is 4.39 Å². The lowest BCUT2D eigenvalue weighted by molar-refractivity contribution is -0.142. The van der Waals surface area contributed by atoms with Crippen molar-refractivity contribution in [2.75, 3.05) is 13.1 Å². The maximum absolute atomic E-state index is 13.2. The van der Waals surface area contributed by atoms with Gasteiger partial charge in [0.25, 0.3) is 0 Å². The van der Waals surface area contributed by atoms with Crippen LogP contribution in [0.15, 0.2) is 47.1 Å². The first-order valence-electron chi connectivity index (χ1n) is 9.75. The fraction of sp³-hybridized carbons (Fsp3) is 0.455. The van der Waals surface area contributed by atoms with Crippen molar-refractivity contribution >= 4 is 11.8 Å². The summed E-state index contributed by atoms with van der Waals surface area (Å²) < 4.78 is 18.6. The molecule has 0 spiro atoms. The van der Waals surface area contributed by atoms with E-state index >= 15 is 0 Å². The van der Waals surface area contributed by atoms with Crippen LogP contribution in [-0.4, -0.2) is 34.7 Å². The van der Waals surface area contributed by atoms with Crippen LogP contribution in [-0.2, 0) is 22.7 Å². The van der Waals surface area contributed by atoms with Crippen LogP contribution in [0, 0.1) is 17.7 Å². The minimum atomic E-state index is -0.314. The minimum absolute atomic E-state index is 0.0510. The van der Waals surface area contributed by atoms with E-state index in [-0.39, 0.29) is 36.0 Å². The Kier molecular flexibility index (Phi) is 6.49. The van der Waals surface area contributed by atoms with Gasteiger partial charge in [0.05, 0.1) is 19.4 Å². The predicted molar refractivity (Wildman–Crippen MR) is 104 cm³/mol. The summed E-state index contributed by atoms with van der Waals surface area (Å²) in [5, 5.41) is 0. The zero-order chi connectivity index (χ0) is 20.1. The number of nitrogens with zero attached hydrogens (tertiary/aromatic N) is 2. The van der Waals surface area contributed by atoms with Gasteiger partial charge < -0.3 is 14.2 Å². The molecule has 28 heavy (non-hydrogen) atoms. The molecule has 1 saturated carbocycles. The lowest BCUT2D eigenvalue weighted by Gasteiger charge is -2.28. The monoisotopic (exact) mass is 386 g/mol. The highest BCUT2D eigenvalue weighted by Gasteiger charge is 2.35. The Bertz CT molecular complexity index is 783. The molecule has 5 nitrogen and oxygen atoms in total. The van der Waals surface area contributed by atoms with Gasteiger partial charge in [0.2, 0.25) is 11.8 Å². The van der Waals surface area contributed by atoms with Gasteiger partial charge in [0.15, 0.2) is 0 Å². The molecule has 0 radical (unpaired) electrons. The molecule has 1 heterocycles. The quantitative estimate of drug-likeness (QED) is 0.658. The minimum Gasteiger partial charge on any atom is -0.467 e. The second kappa shape index (κ2) is 9.04. The average Bonchev–Trinajstić information content (AvgIpc) is 3.38. The lowest BCUT2D eigenvalue weighted by Crippen LogP contribution is -2.44. The maximum atomic E-state index is 13.2. The van der Waals surface area contributed by atoms with Crippen LogP contribution in [0.2, 0.25) is 0 Å². The molecule has 0 bridgehead atoms. The molecule has 1 aliphatic rings. The summed E-state index contributed by atoms with van der Waals surface area (Å²) in [6, 6.07) is 9.68. The van der Waals surface area contributed by atoms with E-state index < -0.39 is 0 Å². The van der Waals surface area contributed by atoms with Crippen LogP contribution in [0.3, 0.4) is 0 Å². The number of halogens is 1. The molecule has 2 amide bonds. The Morgan fingerprint density at radius 2 is 1.82 bits per heavy atom. The van der Waals surface area contributed by atoms with Gasteiger partial charge in [-0.2, -0.15) is 0 Å². The number of benzene rings is 1. The Morgan fingerprint density at radius 1 is 1.11 bits per heavy atom. The van der Waals surface area contributed by atoms with E-state index in [4.69, 9.17) is 4.42 Å². The van der Waals surface area contributed by atoms with Gasteiger partial charge >= 0.3 is 0 Å². The molecular weight excluding hydrogens is 359 g/mol. The van der Waals surface area contributed by atoms with E-state index in [0.717, 1.165) is 18.4 Å². The Labute approximate surface area is 165 Å². The van der Waals surface area contributed by atoms with E-state index in [1.54, 1.807) is 34.3 Å². The van der Waals surface area contributed by atoms with E-state index in [0.29, 0.717) is 25.4 Å². The third-order valence-corrected chi connectivity index (χ3v) is 4.72. The molecule has 1 aliphatic carbocycles. The van der Waals surface area contributed by atoms with Crippen molar-refractivity contribution in [1.29, 1.82) is 0 Å². The van der Waals surface area contributed by atoms with Crippen LogP contribution < -0.4 is 0 Å². The number of furan rings is 1. The highest BCUT2D eigenvalue weighted by atomic mass is 19.1. The lowest BCUT2D eigenvalue weighted by atomic mass is 10.1. The zero-order valence-electron chi connectivity index (χ0n) is 16.4. The van der Waals surface area contributed by atoms with Gasteiger partial charge in [-0.05, 0) is 48.6 Å². The van der Waals surface area contributed by atoms with Crippen molar-refractivity contribution in [3.05, 3.63) is 59.8 Å². The van der Waals surface area contributed by atoms with E-state index in [1.807, 2.05) is 19.9 Å². The van der Waals surface area contributed by atoms with Gasteiger partial charge in [-0.1, -0.05) is 26.0 Å². The third-order valence-electron chi connectivity index (χ3n) is 4.72. The molecule has 1 aromatic heterocycles.